The molecule has 30 heavy (non-hydrogen) atoms. The molecule has 4 nitrogen and oxygen atoms in total. The molecule has 0 spiro atoms. The first kappa shape index (κ1) is 30.1. The van der Waals surface area contributed by atoms with Gasteiger partial charge in [-0.3, -0.25) is 0 Å². The summed E-state index contributed by atoms with van der Waals surface area (Å²) in [5, 5.41) is 0. The quantitative estimate of drug-likeness (QED) is 0.193. The van der Waals surface area contributed by atoms with Crippen LogP contribution >= 0.6 is 0 Å². The summed E-state index contributed by atoms with van der Waals surface area (Å²) in [4.78, 5) is 7.98. The molecular formula is C25H57N3OSi. The maximum Gasteiger partial charge on any atom is 0.192 e. The molecule has 0 aromatic carbocycles. The summed E-state index contributed by atoms with van der Waals surface area (Å²) in [5.74, 6) is 0. The Kier molecular flexibility index (Phi) is 19.8. The van der Waals surface area contributed by atoms with Gasteiger partial charge in [0, 0.05) is 6.61 Å². The fourth-order valence-corrected chi connectivity index (χ4v) is 7.85. The Bertz CT molecular complexity index is 346. The lowest BCUT2D eigenvalue weighted by Crippen LogP contribution is -2.38. The van der Waals surface area contributed by atoms with Gasteiger partial charge in [-0.25, -0.2) is 0 Å². The van der Waals surface area contributed by atoms with E-state index in [1.54, 1.807) is 0 Å². The van der Waals surface area contributed by atoms with Gasteiger partial charge in [0.15, 0.2) is 8.32 Å². The molecule has 0 unspecified atom stereocenters. The topological polar surface area (TPSA) is 19.0 Å². The third-order valence-corrected chi connectivity index (χ3v) is 11.5. The van der Waals surface area contributed by atoms with Crippen LogP contribution in [0.3, 0.4) is 0 Å². The second-order valence-corrected chi connectivity index (χ2v) is 13.4. The Morgan fingerprint density at radius 3 is 1.33 bits per heavy atom. The summed E-state index contributed by atoms with van der Waals surface area (Å²) >= 11 is 0. The van der Waals surface area contributed by atoms with Crippen LogP contribution in [0.25, 0.3) is 0 Å². The van der Waals surface area contributed by atoms with E-state index in [2.05, 4.69) is 63.2 Å². The van der Waals surface area contributed by atoms with E-state index in [0.717, 1.165) is 6.61 Å². The molecular weight excluding hydrogens is 386 g/mol. The Labute approximate surface area is 191 Å². The molecule has 0 N–H and O–H groups in total. The molecule has 0 amide bonds. The van der Waals surface area contributed by atoms with Gasteiger partial charge < -0.3 is 19.1 Å². The van der Waals surface area contributed by atoms with Crippen molar-refractivity contribution in [1.29, 1.82) is 0 Å². The van der Waals surface area contributed by atoms with Crippen molar-refractivity contribution in [2.75, 3.05) is 65.5 Å². The lowest BCUT2D eigenvalue weighted by atomic mass is 10.2. The molecule has 0 saturated carbocycles. The molecule has 0 aliphatic carbocycles. The Balaban J connectivity index is 4.64. The van der Waals surface area contributed by atoms with Crippen molar-refractivity contribution in [3.05, 3.63) is 0 Å². The van der Waals surface area contributed by atoms with Crippen molar-refractivity contribution in [2.24, 2.45) is 0 Å². The summed E-state index contributed by atoms with van der Waals surface area (Å²) < 4.78 is 6.32. The van der Waals surface area contributed by atoms with Gasteiger partial charge >= 0.3 is 0 Å². The van der Waals surface area contributed by atoms with Crippen LogP contribution in [0.5, 0.6) is 0 Å². The van der Waals surface area contributed by atoms with E-state index in [1.165, 1.54) is 109 Å². The lowest BCUT2D eigenvalue weighted by molar-refractivity contribution is 0.211. The third kappa shape index (κ3) is 13.5. The predicted molar refractivity (Wildman–Crippen MR) is 138 cm³/mol. The van der Waals surface area contributed by atoms with Crippen LogP contribution in [0.4, 0.5) is 0 Å². The number of nitrogens with zero attached hydrogens (tertiary/aromatic N) is 3. The zero-order valence-corrected chi connectivity index (χ0v) is 23.0. The van der Waals surface area contributed by atoms with E-state index in [0.29, 0.717) is 0 Å². The zero-order valence-electron chi connectivity index (χ0n) is 22.0. The van der Waals surface area contributed by atoms with Crippen LogP contribution in [-0.2, 0) is 4.43 Å². The smallest absolute Gasteiger partial charge is 0.192 e. The summed E-state index contributed by atoms with van der Waals surface area (Å²) in [6.07, 6.45) is 6.44. The minimum absolute atomic E-state index is 0.895. The van der Waals surface area contributed by atoms with E-state index in [4.69, 9.17) is 4.43 Å². The highest BCUT2D eigenvalue weighted by molar-refractivity contribution is 6.73. The molecule has 182 valence electrons. The van der Waals surface area contributed by atoms with Gasteiger partial charge in [0.2, 0.25) is 0 Å². The fourth-order valence-electron chi connectivity index (χ4n) is 4.67. The molecule has 0 aliphatic heterocycles. The maximum absolute atomic E-state index is 6.32. The normalized spacial score (nSPS) is 12.6. The van der Waals surface area contributed by atoms with Crippen molar-refractivity contribution in [3.63, 3.8) is 0 Å². The van der Waals surface area contributed by atoms with Crippen LogP contribution in [-0.4, -0.2) is 88.5 Å². The van der Waals surface area contributed by atoms with Crippen LogP contribution in [0.1, 0.15) is 80.6 Å². The van der Waals surface area contributed by atoms with Gasteiger partial charge in [-0.05, 0) is 116 Å². The fraction of sp³-hybridized carbons (Fsp3) is 1.00. The summed E-state index contributed by atoms with van der Waals surface area (Å²) in [5.41, 5.74) is 0. The average Bonchev–Trinajstić information content (AvgIpc) is 2.76. The van der Waals surface area contributed by atoms with Crippen LogP contribution in [0.15, 0.2) is 0 Å². The van der Waals surface area contributed by atoms with Gasteiger partial charge in [-0.1, -0.05) is 41.5 Å². The second-order valence-electron chi connectivity index (χ2n) is 8.84. The van der Waals surface area contributed by atoms with Crippen molar-refractivity contribution in [2.45, 2.75) is 98.7 Å². The Morgan fingerprint density at radius 1 is 0.533 bits per heavy atom. The first-order valence-corrected chi connectivity index (χ1v) is 15.9. The number of rotatable bonds is 22. The van der Waals surface area contributed by atoms with Gasteiger partial charge in [-0.15, -0.1) is 0 Å². The zero-order chi connectivity index (χ0) is 22.7. The summed E-state index contributed by atoms with van der Waals surface area (Å²) in [7, 11) is -1.48. The maximum atomic E-state index is 6.32. The standard InChI is InChI=1S/C25H57N3OSi/c1-8-18-26(10-3)20-15-22-28(23-16-21-27(11-4)19-9-2)24-17-25-30(13-6,14-7)29-12-5/h8-25H2,1-7H3. The highest BCUT2D eigenvalue weighted by atomic mass is 28.4. The highest BCUT2D eigenvalue weighted by Gasteiger charge is 2.29. The minimum atomic E-state index is -1.48. The molecule has 0 heterocycles. The molecule has 0 aliphatic rings. The second kappa shape index (κ2) is 19.7. The number of hydrogen-bond donors (Lipinski definition) is 0. The van der Waals surface area contributed by atoms with Crippen LogP contribution in [0.2, 0.25) is 18.1 Å². The molecule has 0 aromatic rings. The third-order valence-electron chi connectivity index (χ3n) is 6.72. The van der Waals surface area contributed by atoms with Gasteiger partial charge in [0.05, 0.1) is 0 Å². The van der Waals surface area contributed by atoms with Crippen molar-refractivity contribution in [3.8, 4) is 0 Å². The molecule has 5 heteroatoms. The Hall–Kier alpha value is 0.0569. The van der Waals surface area contributed by atoms with E-state index >= 15 is 0 Å². The van der Waals surface area contributed by atoms with Gasteiger partial charge in [-0.2, -0.15) is 0 Å². The van der Waals surface area contributed by atoms with Crippen molar-refractivity contribution < 1.29 is 4.43 Å². The first-order chi connectivity index (χ1) is 14.5. The monoisotopic (exact) mass is 443 g/mol. The summed E-state index contributed by atoms with van der Waals surface area (Å²) in [6.45, 7) is 28.1. The SMILES string of the molecule is CCCN(CC)CCCN(CCCN(CC)CCC)CCC[Si](CC)(CC)OCC. The molecule has 0 bridgehead atoms. The summed E-state index contributed by atoms with van der Waals surface area (Å²) in [6, 6.07) is 3.86. The van der Waals surface area contributed by atoms with E-state index in [9.17, 15) is 0 Å². The van der Waals surface area contributed by atoms with E-state index < -0.39 is 8.32 Å². The van der Waals surface area contributed by atoms with Gasteiger partial charge in [0.25, 0.3) is 0 Å². The van der Waals surface area contributed by atoms with E-state index in [1.807, 2.05) is 0 Å². The Morgan fingerprint density at radius 2 is 0.967 bits per heavy atom. The van der Waals surface area contributed by atoms with Crippen molar-refractivity contribution in [1.82, 2.24) is 14.7 Å². The lowest BCUT2D eigenvalue weighted by Gasteiger charge is -2.31. The molecule has 0 aromatic heterocycles. The molecule has 0 atom stereocenters. The molecule has 0 fully saturated rings. The molecule has 0 radical (unpaired) electrons. The van der Waals surface area contributed by atoms with Crippen LogP contribution in [0, 0.1) is 0 Å². The van der Waals surface area contributed by atoms with Crippen LogP contribution < -0.4 is 0 Å². The molecule has 0 saturated heterocycles. The highest BCUT2D eigenvalue weighted by Crippen LogP contribution is 2.24. The first-order valence-electron chi connectivity index (χ1n) is 13.3. The predicted octanol–water partition coefficient (Wildman–Crippen LogP) is 5.94. The largest absolute Gasteiger partial charge is 0.417 e. The average molecular weight is 444 g/mol. The van der Waals surface area contributed by atoms with E-state index in [-0.39, 0.29) is 0 Å². The van der Waals surface area contributed by atoms with Gasteiger partial charge in [0.1, 0.15) is 0 Å². The minimum Gasteiger partial charge on any atom is -0.417 e. The molecule has 0 rings (SSSR count). The number of hydrogen-bond acceptors (Lipinski definition) is 4. The van der Waals surface area contributed by atoms with Crippen molar-refractivity contribution >= 4 is 8.32 Å².